The first kappa shape index (κ1) is 12.4. The third-order valence-corrected chi connectivity index (χ3v) is 2.82. The lowest BCUT2D eigenvalue weighted by Gasteiger charge is -2.50. The maximum Gasteiger partial charge on any atom is 0.245 e. The molecule has 1 radical (unpaired) electrons. The second kappa shape index (κ2) is 3.73. The van der Waals surface area contributed by atoms with Gasteiger partial charge in [0.25, 0.3) is 0 Å². The highest BCUT2D eigenvalue weighted by Gasteiger charge is 2.51. The maximum atomic E-state index is 11.9. The number of β-amino-alcohol motifs (C(OH)–C–C–N with tert-alkyl or cyclic N) is 1. The Kier molecular flexibility index (Phi) is 3.09. The summed E-state index contributed by atoms with van der Waals surface area (Å²) < 4.78 is 0. The van der Waals surface area contributed by atoms with E-state index >= 15 is 0 Å². The first-order valence-electron chi connectivity index (χ1n) is 5.11. The summed E-state index contributed by atoms with van der Waals surface area (Å²) in [4.78, 5) is 13.5. The van der Waals surface area contributed by atoms with Crippen molar-refractivity contribution in [3.63, 3.8) is 0 Å². The second-order valence-electron chi connectivity index (χ2n) is 5.12. The molecule has 0 aliphatic carbocycles. The number of hydrogen-bond donors (Lipinski definition) is 1. The Morgan fingerprint density at radius 1 is 1.33 bits per heavy atom. The standard InChI is InChI=1S/C10H19N2O3/c1-9(2)7-11(5-6-13)8(14)10(3,4)12(9)15/h13H,5-7H2,1-4H3. The molecule has 1 heterocycles. The summed E-state index contributed by atoms with van der Waals surface area (Å²) >= 11 is 0. The van der Waals surface area contributed by atoms with E-state index in [-0.39, 0.29) is 12.5 Å². The van der Waals surface area contributed by atoms with Crippen molar-refractivity contribution in [3.8, 4) is 0 Å². The van der Waals surface area contributed by atoms with E-state index in [4.69, 9.17) is 5.11 Å². The number of amides is 1. The molecule has 0 aromatic heterocycles. The molecule has 1 fully saturated rings. The average molecular weight is 215 g/mol. The molecule has 0 aromatic rings. The molecule has 0 saturated carbocycles. The van der Waals surface area contributed by atoms with Crippen molar-refractivity contribution in [1.29, 1.82) is 0 Å². The molecule has 1 amide bonds. The van der Waals surface area contributed by atoms with Gasteiger partial charge in [0.05, 0.1) is 12.1 Å². The zero-order valence-electron chi connectivity index (χ0n) is 9.78. The van der Waals surface area contributed by atoms with E-state index in [0.717, 1.165) is 5.06 Å². The topological polar surface area (TPSA) is 63.7 Å². The molecular weight excluding hydrogens is 196 g/mol. The van der Waals surface area contributed by atoms with E-state index < -0.39 is 11.1 Å². The van der Waals surface area contributed by atoms with E-state index in [1.54, 1.807) is 32.6 Å². The number of piperazine rings is 1. The van der Waals surface area contributed by atoms with Crippen LogP contribution in [-0.2, 0) is 10.0 Å². The van der Waals surface area contributed by atoms with Crippen molar-refractivity contribution >= 4 is 5.91 Å². The first-order chi connectivity index (χ1) is 6.73. The van der Waals surface area contributed by atoms with E-state index in [1.165, 1.54) is 0 Å². The van der Waals surface area contributed by atoms with Gasteiger partial charge in [0, 0.05) is 13.1 Å². The Morgan fingerprint density at radius 3 is 2.33 bits per heavy atom. The van der Waals surface area contributed by atoms with Crippen molar-refractivity contribution in [3.05, 3.63) is 0 Å². The fourth-order valence-corrected chi connectivity index (χ4v) is 2.13. The van der Waals surface area contributed by atoms with Crippen LogP contribution in [0.4, 0.5) is 0 Å². The number of hydroxylamine groups is 2. The van der Waals surface area contributed by atoms with Crippen molar-refractivity contribution < 1.29 is 15.1 Å². The molecule has 0 aromatic carbocycles. The lowest BCUT2D eigenvalue weighted by Crippen LogP contribution is -2.69. The van der Waals surface area contributed by atoms with Gasteiger partial charge in [-0.15, -0.1) is 10.3 Å². The van der Waals surface area contributed by atoms with Gasteiger partial charge in [-0.2, -0.15) is 0 Å². The molecule has 1 aliphatic heterocycles. The van der Waals surface area contributed by atoms with Crippen molar-refractivity contribution in [2.45, 2.75) is 38.8 Å². The minimum atomic E-state index is -1.04. The predicted octanol–water partition coefficient (Wildman–Crippen LogP) is 0.0256. The van der Waals surface area contributed by atoms with E-state index in [2.05, 4.69) is 0 Å². The Morgan fingerprint density at radius 2 is 1.87 bits per heavy atom. The SMILES string of the molecule is CC1(C)CN(CCO)C(=O)C(C)(C)N1[O]. The second-order valence-corrected chi connectivity index (χ2v) is 5.12. The number of hydrogen-bond acceptors (Lipinski definition) is 3. The summed E-state index contributed by atoms with van der Waals surface area (Å²) in [5.41, 5.74) is -1.65. The van der Waals surface area contributed by atoms with E-state index in [1.807, 2.05) is 0 Å². The maximum absolute atomic E-state index is 11.9. The molecule has 15 heavy (non-hydrogen) atoms. The Balaban J connectivity index is 2.96. The van der Waals surface area contributed by atoms with Crippen LogP contribution in [0.1, 0.15) is 27.7 Å². The van der Waals surface area contributed by atoms with Gasteiger partial charge in [0.2, 0.25) is 5.91 Å². The summed E-state index contributed by atoms with van der Waals surface area (Å²) in [6.07, 6.45) is 0. The Bertz CT molecular complexity index is 263. The minimum Gasteiger partial charge on any atom is -0.395 e. The van der Waals surface area contributed by atoms with Crippen LogP contribution in [0.3, 0.4) is 0 Å². The van der Waals surface area contributed by atoms with E-state index in [0.29, 0.717) is 13.1 Å². The number of nitrogens with zero attached hydrogens (tertiary/aromatic N) is 2. The highest BCUT2D eigenvalue weighted by Crippen LogP contribution is 2.31. The van der Waals surface area contributed by atoms with Crippen LogP contribution in [0.5, 0.6) is 0 Å². The number of carbonyl (C=O) groups is 1. The highest BCUT2D eigenvalue weighted by atomic mass is 16.5. The summed E-state index contributed by atoms with van der Waals surface area (Å²) in [5, 5.41) is 21.6. The summed E-state index contributed by atoms with van der Waals surface area (Å²) in [7, 11) is 0. The van der Waals surface area contributed by atoms with Crippen molar-refractivity contribution in [2.24, 2.45) is 0 Å². The van der Waals surface area contributed by atoms with Crippen LogP contribution in [-0.4, -0.2) is 51.8 Å². The van der Waals surface area contributed by atoms with Crippen LogP contribution < -0.4 is 0 Å². The van der Waals surface area contributed by atoms with Crippen LogP contribution in [0.15, 0.2) is 0 Å². The molecule has 1 rings (SSSR count). The lowest BCUT2D eigenvalue weighted by molar-refractivity contribution is -0.284. The Hall–Kier alpha value is -0.650. The molecular formula is C10H19N2O3. The fourth-order valence-electron chi connectivity index (χ4n) is 2.13. The number of aliphatic hydroxyl groups is 1. The fraction of sp³-hybridized carbons (Fsp3) is 0.900. The summed E-state index contributed by atoms with van der Waals surface area (Å²) in [6.45, 7) is 7.42. The minimum absolute atomic E-state index is 0.0727. The third-order valence-electron chi connectivity index (χ3n) is 2.82. The zero-order valence-corrected chi connectivity index (χ0v) is 9.78. The number of carbonyl (C=O) groups excluding carboxylic acids is 1. The van der Waals surface area contributed by atoms with Crippen molar-refractivity contribution in [1.82, 2.24) is 9.96 Å². The molecule has 87 valence electrons. The smallest absolute Gasteiger partial charge is 0.245 e. The summed E-state index contributed by atoms with van der Waals surface area (Å²) in [5.74, 6) is -0.217. The quantitative estimate of drug-likeness (QED) is 0.706. The van der Waals surface area contributed by atoms with Crippen LogP contribution in [0.25, 0.3) is 0 Å². The Labute approximate surface area is 90.2 Å². The first-order valence-corrected chi connectivity index (χ1v) is 5.11. The average Bonchev–Trinajstić information content (AvgIpc) is 2.12. The molecule has 5 nitrogen and oxygen atoms in total. The van der Waals surface area contributed by atoms with Gasteiger partial charge in [0.15, 0.2) is 0 Å². The third kappa shape index (κ3) is 2.00. The monoisotopic (exact) mass is 215 g/mol. The van der Waals surface area contributed by atoms with Gasteiger partial charge in [-0.25, -0.2) is 0 Å². The largest absolute Gasteiger partial charge is 0.395 e. The molecule has 5 heteroatoms. The predicted molar refractivity (Wildman–Crippen MR) is 54.3 cm³/mol. The normalized spacial score (nSPS) is 25.7. The summed E-state index contributed by atoms with van der Waals surface area (Å²) in [6, 6.07) is 0. The van der Waals surface area contributed by atoms with Gasteiger partial charge >= 0.3 is 0 Å². The van der Waals surface area contributed by atoms with Gasteiger partial charge in [0.1, 0.15) is 5.54 Å². The van der Waals surface area contributed by atoms with E-state index in [9.17, 15) is 10.0 Å². The molecule has 0 bridgehead atoms. The zero-order chi connectivity index (χ0) is 11.9. The molecule has 0 unspecified atom stereocenters. The highest BCUT2D eigenvalue weighted by molar-refractivity contribution is 5.86. The lowest BCUT2D eigenvalue weighted by atomic mass is 9.90. The van der Waals surface area contributed by atoms with Gasteiger partial charge in [-0.05, 0) is 27.7 Å². The van der Waals surface area contributed by atoms with Crippen LogP contribution in [0, 0.1) is 0 Å². The molecule has 0 atom stereocenters. The van der Waals surface area contributed by atoms with Crippen LogP contribution in [0.2, 0.25) is 0 Å². The van der Waals surface area contributed by atoms with Crippen LogP contribution >= 0.6 is 0 Å². The van der Waals surface area contributed by atoms with Gasteiger partial charge < -0.3 is 10.0 Å². The van der Waals surface area contributed by atoms with Crippen molar-refractivity contribution in [2.75, 3.05) is 19.7 Å². The molecule has 0 spiro atoms. The number of aliphatic hydroxyl groups excluding tert-OH is 1. The molecule has 1 aliphatic rings. The molecule has 1 saturated heterocycles. The molecule has 1 N–H and O–H groups in total. The van der Waals surface area contributed by atoms with Gasteiger partial charge in [-0.3, -0.25) is 4.79 Å². The number of rotatable bonds is 2. The van der Waals surface area contributed by atoms with Gasteiger partial charge in [-0.1, -0.05) is 0 Å².